The maximum Gasteiger partial charge on any atom is 0.146 e. The number of halogens is 2. The Hall–Kier alpha value is -1.63. The summed E-state index contributed by atoms with van der Waals surface area (Å²) in [7, 11) is 0. The van der Waals surface area contributed by atoms with Crippen molar-refractivity contribution in [3.8, 4) is 5.75 Å². The standard InChI is InChI=1S/C19H22BrFN2O2/c20-15-5-7-17(8-6-15)25-14-16(24)13-22-9-11-23(12-10-22)19-4-2-1-3-18(19)21/h1-8,16,24H,9-14H2/p+1/t16-/m1/s1. The van der Waals surface area contributed by atoms with Crippen LogP contribution in [0.3, 0.4) is 0 Å². The average molecular weight is 410 g/mol. The third kappa shape index (κ3) is 5.17. The van der Waals surface area contributed by atoms with Gasteiger partial charge in [0.1, 0.15) is 30.8 Å². The van der Waals surface area contributed by atoms with Gasteiger partial charge < -0.3 is 19.6 Å². The van der Waals surface area contributed by atoms with Crippen molar-refractivity contribution in [2.24, 2.45) is 0 Å². The lowest BCUT2D eigenvalue weighted by molar-refractivity contribution is -0.903. The lowest BCUT2D eigenvalue weighted by Crippen LogP contribution is -3.16. The number of anilines is 1. The molecule has 1 atom stereocenters. The monoisotopic (exact) mass is 409 g/mol. The number of quaternary nitrogens is 1. The van der Waals surface area contributed by atoms with E-state index in [-0.39, 0.29) is 12.4 Å². The van der Waals surface area contributed by atoms with Gasteiger partial charge in [-0.05, 0) is 36.4 Å². The molecule has 1 fully saturated rings. The van der Waals surface area contributed by atoms with Crippen LogP contribution in [-0.2, 0) is 0 Å². The van der Waals surface area contributed by atoms with Crippen molar-refractivity contribution in [3.05, 3.63) is 58.8 Å². The van der Waals surface area contributed by atoms with E-state index in [2.05, 4.69) is 20.8 Å². The predicted octanol–water partition coefficient (Wildman–Crippen LogP) is 1.73. The quantitative estimate of drug-likeness (QED) is 0.762. The molecule has 3 rings (SSSR count). The summed E-state index contributed by atoms with van der Waals surface area (Å²) < 4.78 is 20.5. The number of rotatable bonds is 6. The smallest absolute Gasteiger partial charge is 0.146 e. The summed E-state index contributed by atoms with van der Waals surface area (Å²) in [6.07, 6.45) is -0.515. The summed E-state index contributed by atoms with van der Waals surface area (Å²) in [5.41, 5.74) is 0.667. The molecule has 6 heteroatoms. The average Bonchev–Trinajstić information content (AvgIpc) is 2.62. The van der Waals surface area contributed by atoms with E-state index in [4.69, 9.17) is 4.74 Å². The van der Waals surface area contributed by atoms with E-state index in [1.54, 1.807) is 6.07 Å². The molecule has 25 heavy (non-hydrogen) atoms. The minimum absolute atomic E-state index is 0.172. The van der Waals surface area contributed by atoms with Crippen LogP contribution in [0.25, 0.3) is 0 Å². The number of nitrogens with one attached hydrogen (secondary N) is 1. The molecule has 0 aromatic heterocycles. The highest BCUT2D eigenvalue weighted by Crippen LogP contribution is 2.18. The van der Waals surface area contributed by atoms with Gasteiger partial charge in [-0.25, -0.2) is 4.39 Å². The lowest BCUT2D eigenvalue weighted by atomic mass is 10.2. The Morgan fingerprint density at radius 3 is 2.48 bits per heavy atom. The van der Waals surface area contributed by atoms with Crippen LogP contribution in [0.4, 0.5) is 10.1 Å². The SMILES string of the molecule is O[C@@H](COc1ccc(Br)cc1)C[NH+]1CCN(c2ccccc2F)CC1. The van der Waals surface area contributed by atoms with E-state index in [1.807, 2.05) is 36.4 Å². The molecule has 2 aromatic rings. The molecule has 0 aliphatic carbocycles. The van der Waals surface area contributed by atoms with Gasteiger partial charge in [-0.2, -0.15) is 0 Å². The number of hydrogen-bond donors (Lipinski definition) is 2. The van der Waals surface area contributed by atoms with Crippen LogP contribution in [-0.4, -0.2) is 50.5 Å². The summed E-state index contributed by atoms with van der Waals surface area (Å²) in [4.78, 5) is 3.39. The summed E-state index contributed by atoms with van der Waals surface area (Å²) >= 11 is 3.38. The highest BCUT2D eigenvalue weighted by molar-refractivity contribution is 9.10. The Morgan fingerprint density at radius 1 is 1.12 bits per heavy atom. The number of para-hydroxylation sites is 1. The van der Waals surface area contributed by atoms with Gasteiger partial charge in [0.05, 0.1) is 31.9 Å². The molecule has 1 aliphatic rings. The minimum atomic E-state index is -0.515. The van der Waals surface area contributed by atoms with Crippen LogP contribution in [0.2, 0.25) is 0 Å². The molecule has 1 aliphatic heterocycles. The summed E-state index contributed by atoms with van der Waals surface area (Å²) in [5, 5.41) is 10.2. The van der Waals surface area contributed by atoms with Crippen molar-refractivity contribution < 1.29 is 19.1 Å². The Balaban J connectivity index is 1.42. The van der Waals surface area contributed by atoms with Gasteiger partial charge in [-0.15, -0.1) is 0 Å². The Labute approximate surface area is 155 Å². The number of piperazine rings is 1. The molecule has 0 bridgehead atoms. The van der Waals surface area contributed by atoms with Gasteiger partial charge in [0.25, 0.3) is 0 Å². The van der Waals surface area contributed by atoms with Crippen LogP contribution < -0.4 is 14.5 Å². The molecule has 2 N–H and O–H groups in total. The second-order valence-electron chi connectivity index (χ2n) is 6.31. The van der Waals surface area contributed by atoms with Gasteiger partial charge in [0.2, 0.25) is 0 Å². The van der Waals surface area contributed by atoms with Gasteiger partial charge in [0.15, 0.2) is 0 Å². The lowest BCUT2D eigenvalue weighted by Gasteiger charge is -2.34. The topological polar surface area (TPSA) is 37.1 Å². The highest BCUT2D eigenvalue weighted by atomic mass is 79.9. The van der Waals surface area contributed by atoms with E-state index >= 15 is 0 Å². The molecule has 4 nitrogen and oxygen atoms in total. The van der Waals surface area contributed by atoms with E-state index < -0.39 is 6.10 Å². The fourth-order valence-electron chi connectivity index (χ4n) is 3.09. The normalized spacial score (nSPS) is 16.7. The number of aliphatic hydroxyl groups is 1. The Bertz CT molecular complexity index is 675. The minimum Gasteiger partial charge on any atom is -0.491 e. The van der Waals surface area contributed by atoms with Crippen LogP contribution in [0.5, 0.6) is 5.75 Å². The molecule has 0 radical (unpaired) electrons. The molecule has 2 aromatic carbocycles. The van der Waals surface area contributed by atoms with Crippen LogP contribution in [0, 0.1) is 5.82 Å². The number of ether oxygens (including phenoxy) is 1. The third-order valence-electron chi connectivity index (χ3n) is 4.44. The molecule has 0 amide bonds. The Morgan fingerprint density at radius 2 is 1.80 bits per heavy atom. The molecule has 0 saturated carbocycles. The van der Waals surface area contributed by atoms with Crippen molar-refractivity contribution >= 4 is 21.6 Å². The van der Waals surface area contributed by atoms with E-state index in [0.29, 0.717) is 12.2 Å². The zero-order chi connectivity index (χ0) is 17.6. The highest BCUT2D eigenvalue weighted by Gasteiger charge is 2.24. The molecular weight excluding hydrogens is 387 g/mol. The van der Waals surface area contributed by atoms with Crippen molar-refractivity contribution in [2.45, 2.75) is 6.10 Å². The van der Waals surface area contributed by atoms with Crippen LogP contribution in [0.1, 0.15) is 0 Å². The number of benzene rings is 2. The van der Waals surface area contributed by atoms with E-state index in [1.165, 1.54) is 11.0 Å². The second-order valence-corrected chi connectivity index (χ2v) is 7.23. The predicted molar refractivity (Wildman–Crippen MR) is 99.8 cm³/mol. The van der Waals surface area contributed by atoms with E-state index in [0.717, 1.165) is 36.4 Å². The molecule has 1 saturated heterocycles. The molecule has 134 valence electrons. The largest absolute Gasteiger partial charge is 0.491 e. The fourth-order valence-corrected chi connectivity index (χ4v) is 3.36. The van der Waals surface area contributed by atoms with Crippen LogP contribution >= 0.6 is 15.9 Å². The number of hydrogen-bond acceptors (Lipinski definition) is 3. The van der Waals surface area contributed by atoms with Crippen molar-refractivity contribution in [1.82, 2.24) is 0 Å². The summed E-state index contributed by atoms with van der Waals surface area (Å²) in [5.74, 6) is 0.579. The maximum absolute atomic E-state index is 13.9. The van der Waals surface area contributed by atoms with E-state index in [9.17, 15) is 9.50 Å². The Kier molecular flexibility index (Phi) is 6.29. The van der Waals surface area contributed by atoms with Gasteiger partial charge >= 0.3 is 0 Å². The second kappa shape index (κ2) is 8.65. The van der Waals surface area contributed by atoms with Gasteiger partial charge in [-0.3, -0.25) is 0 Å². The molecule has 1 heterocycles. The first-order valence-corrected chi connectivity index (χ1v) is 9.30. The molecular formula is C19H23BrFN2O2+. The maximum atomic E-state index is 13.9. The third-order valence-corrected chi connectivity index (χ3v) is 4.97. The first-order valence-electron chi connectivity index (χ1n) is 8.51. The number of aliphatic hydroxyl groups excluding tert-OH is 1. The van der Waals surface area contributed by atoms with Crippen LogP contribution in [0.15, 0.2) is 53.0 Å². The summed E-state index contributed by atoms with van der Waals surface area (Å²) in [6.45, 7) is 4.25. The first kappa shape index (κ1) is 18.2. The van der Waals surface area contributed by atoms with Crippen molar-refractivity contribution in [2.75, 3.05) is 44.2 Å². The van der Waals surface area contributed by atoms with Crippen molar-refractivity contribution in [3.63, 3.8) is 0 Å². The fraction of sp³-hybridized carbons (Fsp3) is 0.368. The van der Waals surface area contributed by atoms with Gasteiger partial charge in [0, 0.05) is 4.47 Å². The number of nitrogens with zero attached hydrogens (tertiary/aromatic N) is 1. The van der Waals surface area contributed by atoms with Crippen molar-refractivity contribution in [1.29, 1.82) is 0 Å². The molecule has 0 spiro atoms. The summed E-state index contributed by atoms with van der Waals surface area (Å²) in [6, 6.07) is 14.5. The molecule has 0 unspecified atom stereocenters. The zero-order valence-electron chi connectivity index (χ0n) is 14.0. The zero-order valence-corrected chi connectivity index (χ0v) is 15.6. The first-order chi connectivity index (χ1) is 12.1. The van der Waals surface area contributed by atoms with Gasteiger partial charge in [-0.1, -0.05) is 28.1 Å².